The molecule has 0 heterocycles. The average molecular weight is 489 g/mol. The highest BCUT2D eigenvalue weighted by Gasteiger charge is 2.38. The molecule has 1 aliphatic rings. The predicted octanol–water partition coefficient (Wildman–Crippen LogP) is 8.31. The third-order valence-corrected chi connectivity index (χ3v) is 6.93. The maximum atomic E-state index is 12.0. The summed E-state index contributed by atoms with van der Waals surface area (Å²) in [6, 6.07) is 0.157. The van der Waals surface area contributed by atoms with Gasteiger partial charge in [0, 0.05) is 0 Å². The number of rotatable bonds is 24. The molecule has 0 aliphatic heterocycles. The molecule has 0 aromatic carbocycles. The SMILES string of the molecule is CCCCCCCCCCC/C=C/C(=O)N[C@H]1C[C@H]1NC(=O)/C=C/CCCCCCCCCCC. The minimum atomic E-state index is -0.0384. The first kappa shape index (κ1) is 31.4. The van der Waals surface area contributed by atoms with Crippen LogP contribution in [-0.4, -0.2) is 23.9 Å². The van der Waals surface area contributed by atoms with E-state index in [-0.39, 0.29) is 23.9 Å². The summed E-state index contributed by atoms with van der Waals surface area (Å²) < 4.78 is 0. The summed E-state index contributed by atoms with van der Waals surface area (Å²) in [5, 5.41) is 5.98. The van der Waals surface area contributed by atoms with Gasteiger partial charge in [0.2, 0.25) is 11.8 Å². The molecule has 1 saturated carbocycles. The van der Waals surface area contributed by atoms with Crippen LogP contribution in [0.15, 0.2) is 24.3 Å². The van der Waals surface area contributed by atoms with Gasteiger partial charge in [-0.15, -0.1) is 0 Å². The highest BCUT2D eigenvalue weighted by molar-refractivity contribution is 5.89. The number of carbonyl (C=O) groups is 2. The zero-order chi connectivity index (χ0) is 25.4. The molecule has 0 saturated heterocycles. The lowest BCUT2D eigenvalue weighted by molar-refractivity contribution is -0.118. The quantitative estimate of drug-likeness (QED) is 0.106. The number of allylic oxidation sites excluding steroid dienone is 2. The van der Waals surface area contributed by atoms with E-state index >= 15 is 0 Å². The number of carbonyl (C=O) groups excluding carboxylic acids is 2. The molecule has 0 aromatic heterocycles. The normalized spacial score (nSPS) is 17.3. The summed E-state index contributed by atoms with van der Waals surface area (Å²) in [6.07, 6.45) is 33.8. The smallest absolute Gasteiger partial charge is 0.243 e. The molecule has 0 radical (unpaired) electrons. The molecule has 0 bridgehead atoms. The number of hydrogen-bond donors (Lipinski definition) is 2. The molecular weight excluding hydrogens is 432 g/mol. The van der Waals surface area contributed by atoms with Crippen LogP contribution in [0, 0.1) is 0 Å². The third kappa shape index (κ3) is 20.3. The van der Waals surface area contributed by atoms with Crippen LogP contribution >= 0.6 is 0 Å². The standard InChI is InChI=1S/C31H56N2O2/c1-3-5-7-9-11-13-15-17-19-21-23-25-30(34)32-28-27-29(28)33-31(35)26-24-22-20-18-16-14-12-10-8-6-4-2/h23-26,28-29H,3-22,27H2,1-2H3,(H,32,34)(H,33,35)/b25-23+,26-24+/t28-,29+. The molecule has 1 aliphatic carbocycles. The summed E-state index contributed by atoms with van der Waals surface area (Å²) >= 11 is 0. The Morgan fingerprint density at radius 1 is 0.543 bits per heavy atom. The fourth-order valence-electron chi connectivity index (χ4n) is 4.50. The van der Waals surface area contributed by atoms with Crippen molar-refractivity contribution >= 4 is 11.8 Å². The van der Waals surface area contributed by atoms with Gasteiger partial charge in [-0.25, -0.2) is 0 Å². The summed E-state index contributed by atoms with van der Waals surface area (Å²) in [5.41, 5.74) is 0. The fourth-order valence-corrected chi connectivity index (χ4v) is 4.50. The molecule has 2 amide bonds. The topological polar surface area (TPSA) is 58.2 Å². The molecule has 1 fully saturated rings. The molecule has 4 nitrogen and oxygen atoms in total. The van der Waals surface area contributed by atoms with Crippen LogP contribution in [0.25, 0.3) is 0 Å². The van der Waals surface area contributed by atoms with Gasteiger partial charge in [0.15, 0.2) is 0 Å². The minimum Gasteiger partial charge on any atom is -0.348 e. The van der Waals surface area contributed by atoms with Crippen LogP contribution in [0.3, 0.4) is 0 Å². The Kier molecular flexibility index (Phi) is 20.5. The second kappa shape index (κ2) is 22.9. The Balaban J connectivity index is 1.92. The molecule has 1 rings (SSSR count). The Morgan fingerprint density at radius 3 is 1.20 bits per heavy atom. The summed E-state index contributed by atoms with van der Waals surface area (Å²) in [7, 11) is 0. The highest BCUT2D eigenvalue weighted by atomic mass is 16.2. The van der Waals surface area contributed by atoms with E-state index in [1.165, 1.54) is 103 Å². The minimum absolute atomic E-state index is 0.0384. The summed E-state index contributed by atoms with van der Waals surface area (Å²) in [4.78, 5) is 24.1. The zero-order valence-electron chi connectivity index (χ0n) is 23.1. The summed E-state index contributed by atoms with van der Waals surface area (Å²) in [5.74, 6) is -0.0767. The lowest BCUT2D eigenvalue weighted by atomic mass is 10.1. The van der Waals surface area contributed by atoms with E-state index in [1.54, 1.807) is 12.2 Å². The molecule has 202 valence electrons. The second-order valence-corrected chi connectivity index (χ2v) is 10.5. The van der Waals surface area contributed by atoms with Gasteiger partial charge >= 0.3 is 0 Å². The summed E-state index contributed by atoms with van der Waals surface area (Å²) in [6.45, 7) is 4.51. The largest absolute Gasteiger partial charge is 0.348 e. The lowest BCUT2D eigenvalue weighted by Gasteiger charge is -2.03. The first-order chi connectivity index (χ1) is 17.2. The van der Waals surface area contributed by atoms with Crippen molar-refractivity contribution in [2.24, 2.45) is 0 Å². The van der Waals surface area contributed by atoms with Gasteiger partial charge in [0.25, 0.3) is 0 Å². The van der Waals surface area contributed by atoms with Crippen molar-refractivity contribution in [2.45, 2.75) is 161 Å². The van der Waals surface area contributed by atoms with Crippen LogP contribution in [0.1, 0.15) is 149 Å². The van der Waals surface area contributed by atoms with E-state index in [0.29, 0.717) is 0 Å². The molecule has 4 heteroatoms. The van der Waals surface area contributed by atoms with Gasteiger partial charge in [-0.2, -0.15) is 0 Å². The van der Waals surface area contributed by atoms with Crippen molar-refractivity contribution in [3.8, 4) is 0 Å². The van der Waals surface area contributed by atoms with Crippen molar-refractivity contribution in [1.29, 1.82) is 0 Å². The Morgan fingerprint density at radius 2 is 0.857 bits per heavy atom. The van der Waals surface area contributed by atoms with Gasteiger partial charge in [-0.3, -0.25) is 9.59 Å². The molecule has 0 aromatic rings. The Bertz CT molecular complexity index is 535. The van der Waals surface area contributed by atoms with Crippen LogP contribution in [0.5, 0.6) is 0 Å². The third-order valence-electron chi connectivity index (χ3n) is 6.93. The number of hydrogen-bond acceptors (Lipinski definition) is 2. The van der Waals surface area contributed by atoms with Gasteiger partial charge in [0.1, 0.15) is 0 Å². The second-order valence-electron chi connectivity index (χ2n) is 10.5. The van der Waals surface area contributed by atoms with Crippen molar-refractivity contribution < 1.29 is 9.59 Å². The van der Waals surface area contributed by atoms with Crippen LogP contribution < -0.4 is 10.6 Å². The van der Waals surface area contributed by atoms with E-state index in [1.807, 2.05) is 12.2 Å². The van der Waals surface area contributed by atoms with Crippen molar-refractivity contribution in [2.75, 3.05) is 0 Å². The van der Waals surface area contributed by atoms with Crippen molar-refractivity contribution in [1.82, 2.24) is 10.6 Å². The average Bonchev–Trinajstić information content (AvgIpc) is 3.57. The van der Waals surface area contributed by atoms with Gasteiger partial charge < -0.3 is 10.6 Å². The fraction of sp³-hybridized carbons (Fsp3) is 0.806. The van der Waals surface area contributed by atoms with Crippen LogP contribution in [0.2, 0.25) is 0 Å². The van der Waals surface area contributed by atoms with Crippen LogP contribution in [-0.2, 0) is 9.59 Å². The number of nitrogens with one attached hydrogen (secondary N) is 2. The van der Waals surface area contributed by atoms with Crippen LogP contribution in [0.4, 0.5) is 0 Å². The maximum absolute atomic E-state index is 12.0. The first-order valence-corrected chi connectivity index (χ1v) is 15.1. The zero-order valence-corrected chi connectivity index (χ0v) is 23.1. The molecule has 2 N–H and O–H groups in total. The number of unbranched alkanes of at least 4 members (excludes halogenated alkanes) is 18. The molecule has 2 atom stereocenters. The molecule has 0 unspecified atom stereocenters. The van der Waals surface area contributed by atoms with E-state index in [0.717, 1.165) is 32.1 Å². The van der Waals surface area contributed by atoms with E-state index < -0.39 is 0 Å². The Labute approximate surface area is 217 Å². The van der Waals surface area contributed by atoms with Crippen molar-refractivity contribution in [3.63, 3.8) is 0 Å². The van der Waals surface area contributed by atoms with Gasteiger partial charge in [-0.05, 0) is 44.3 Å². The lowest BCUT2D eigenvalue weighted by Crippen LogP contribution is -2.33. The van der Waals surface area contributed by atoms with Gasteiger partial charge in [-0.1, -0.05) is 129 Å². The van der Waals surface area contributed by atoms with Gasteiger partial charge in [0.05, 0.1) is 12.1 Å². The molecule has 0 spiro atoms. The van der Waals surface area contributed by atoms with E-state index in [4.69, 9.17) is 0 Å². The molecular formula is C31H56N2O2. The van der Waals surface area contributed by atoms with E-state index in [9.17, 15) is 9.59 Å². The highest BCUT2D eigenvalue weighted by Crippen LogP contribution is 2.21. The van der Waals surface area contributed by atoms with Crippen molar-refractivity contribution in [3.05, 3.63) is 24.3 Å². The molecule has 35 heavy (non-hydrogen) atoms. The number of amides is 2. The maximum Gasteiger partial charge on any atom is 0.243 e. The monoisotopic (exact) mass is 488 g/mol. The predicted molar refractivity (Wildman–Crippen MR) is 150 cm³/mol. The Hall–Kier alpha value is -1.58. The van der Waals surface area contributed by atoms with E-state index in [2.05, 4.69) is 24.5 Å². The first-order valence-electron chi connectivity index (χ1n) is 15.1.